The van der Waals surface area contributed by atoms with Crippen LogP contribution in [0.5, 0.6) is 0 Å². The fourth-order valence-corrected chi connectivity index (χ4v) is 0. The summed E-state index contributed by atoms with van der Waals surface area (Å²) in [6.07, 6.45) is 0. The number of hydrogen-bond acceptors (Lipinski definition) is 3. The van der Waals surface area contributed by atoms with Gasteiger partial charge in [-0.2, -0.15) is 13.2 Å². The Kier molecular flexibility index (Phi) is 5.16. The zero-order chi connectivity index (χ0) is 7.00. The van der Waals surface area contributed by atoms with Crippen molar-refractivity contribution in [1.82, 2.24) is 0 Å². The van der Waals surface area contributed by atoms with Crippen molar-refractivity contribution in [2.24, 2.45) is 0 Å². The summed E-state index contributed by atoms with van der Waals surface area (Å²) < 4.78 is 58.9. The van der Waals surface area contributed by atoms with E-state index in [0.717, 1.165) is 0 Å². The van der Waals surface area contributed by atoms with E-state index < -0.39 is 15.6 Å². The molecule has 0 fully saturated rings. The van der Waals surface area contributed by atoms with Crippen molar-refractivity contribution in [2.75, 3.05) is 0 Å². The Morgan fingerprint density at radius 1 is 1.22 bits per heavy atom. The molecule has 0 aliphatic heterocycles. The SMILES string of the molecule is O=S(=O)([O-])C(F)(F)F.[Ba+2]. The van der Waals surface area contributed by atoms with Crippen molar-refractivity contribution < 1.29 is 26.1 Å². The van der Waals surface area contributed by atoms with Crippen molar-refractivity contribution in [3.8, 4) is 0 Å². The first-order valence-electron chi connectivity index (χ1n) is 1.27. The molecule has 0 amide bonds. The summed E-state index contributed by atoms with van der Waals surface area (Å²) in [5.41, 5.74) is -5.65. The van der Waals surface area contributed by atoms with E-state index >= 15 is 0 Å². The zero-order valence-electron chi connectivity index (χ0n) is 3.97. The van der Waals surface area contributed by atoms with Crippen LogP contribution in [0.1, 0.15) is 0 Å². The topological polar surface area (TPSA) is 57.2 Å². The number of hydrogen-bond donors (Lipinski definition) is 0. The molecule has 0 atom stereocenters. The summed E-state index contributed by atoms with van der Waals surface area (Å²) in [6.45, 7) is 0. The standard InChI is InChI=1S/CHF3O3S.Ba/c2-1(3,4)8(5,6)7;/h(H,5,6,7);/q;+2/p-1. The van der Waals surface area contributed by atoms with E-state index in [1.54, 1.807) is 0 Å². The van der Waals surface area contributed by atoms with Gasteiger partial charge >= 0.3 is 54.4 Å². The van der Waals surface area contributed by atoms with Crippen molar-refractivity contribution in [3.05, 3.63) is 0 Å². The van der Waals surface area contributed by atoms with Gasteiger partial charge in [0, 0.05) is 0 Å². The molecule has 8 heteroatoms. The van der Waals surface area contributed by atoms with E-state index in [1.807, 2.05) is 0 Å². The normalized spacial score (nSPS) is 12.4. The molecule has 0 radical (unpaired) electrons. The molecule has 9 heavy (non-hydrogen) atoms. The Bertz CT molecular complexity index is 168. The minimum absolute atomic E-state index is 0. The van der Waals surface area contributed by atoms with Gasteiger partial charge in [-0.05, 0) is 0 Å². The Balaban J connectivity index is 0. The molecule has 0 N–H and O–H groups in total. The number of rotatable bonds is 0. The molecule has 0 aliphatic carbocycles. The molecule has 50 valence electrons. The minimum atomic E-state index is -6.09. The van der Waals surface area contributed by atoms with Gasteiger partial charge in [0.25, 0.3) is 0 Å². The number of halogens is 3. The molecule has 0 unspecified atom stereocenters. The van der Waals surface area contributed by atoms with Crippen LogP contribution in [-0.4, -0.2) is 67.4 Å². The Labute approximate surface area is 89.4 Å². The molecule has 0 heterocycles. The third-order valence-corrected chi connectivity index (χ3v) is 0.850. The Morgan fingerprint density at radius 3 is 1.33 bits per heavy atom. The first-order valence-corrected chi connectivity index (χ1v) is 2.68. The molecule has 0 saturated carbocycles. The quantitative estimate of drug-likeness (QED) is 0.348. The molecule has 3 nitrogen and oxygen atoms in total. The largest absolute Gasteiger partial charge is 2.00 e. The maximum absolute atomic E-state index is 10.7. The minimum Gasteiger partial charge on any atom is -0.741 e. The molecular weight excluding hydrogens is 286 g/mol. The van der Waals surface area contributed by atoms with E-state index in [1.165, 1.54) is 0 Å². The summed E-state index contributed by atoms with van der Waals surface area (Å²) in [5, 5.41) is 0. The maximum atomic E-state index is 10.7. The van der Waals surface area contributed by atoms with Gasteiger partial charge in [-0.15, -0.1) is 0 Å². The van der Waals surface area contributed by atoms with Crippen LogP contribution in [-0.2, 0) is 10.1 Å². The van der Waals surface area contributed by atoms with Crippen LogP contribution in [0, 0.1) is 0 Å². The molecule has 0 spiro atoms. The van der Waals surface area contributed by atoms with Gasteiger partial charge < -0.3 is 4.55 Å². The molecule has 0 aliphatic rings. The van der Waals surface area contributed by atoms with Crippen LogP contribution in [0.3, 0.4) is 0 Å². The van der Waals surface area contributed by atoms with E-state index in [2.05, 4.69) is 0 Å². The summed E-state index contributed by atoms with van der Waals surface area (Å²) in [6, 6.07) is 0. The van der Waals surface area contributed by atoms with Gasteiger partial charge in [0.1, 0.15) is 0 Å². The average Bonchev–Trinajstić information content (AvgIpc) is 1.25. The van der Waals surface area contributed by atoms with Crippen molar-refractivity contribution >= 4 is 59.0 Å². The molecule has 0 saturated heterocycles. The smallest absolute Gasteiger partial charge is 0.741 e. The Morgan fingerprint density at radius 2 is 1.33 bits per heavy atom. The molecule has 0 aromatic rings. The van der Waals surface area contributed by atoms with Crippen molar-refractivity contribution in [1.29, 1.82) is 0 Å². The first-order chi connectivity index (χ1) is 3.25. The second kappa shape index (κ2) is 3.60. The monoisotopic (exact) mass is 287 g/mol. The van der Waals surface area contributed by atoms with Crippen LogP contribution >= 0.6 is 0 Å². The van der Waals surface area contributed by atoms with Crippen molar-refractivity contribution in [3.63, 3.8) is 0 Å². The van der Waals surface area contributed by atoms with E-state index in [9.17, 15) is 13.2 Å². The zero-order valence-corrected chi connectivity index (χ0v) is 9.23. The van der Waals surface area contributed by atoms with Gasteiger partial charge in [0.2, 0.25) is 0 Å². The summed E-state index contributed by atoms with van der Waals surface area (Å²) in [4.78, 5) is 0. The van der Waals surface area contributed by atoms with Gasteiger partial charge in [-0.25, -0.2) is 8.42 Å². The van der Waals surface area contributed by atoms with Gasteiger partial charge in [-0.1, -0.05) is 0 Å². The maximum Gasteiger partial charge on any atom is 2.00 e. The number of alkyl halides is 3. The van der Waals surface area contributed by atoms with Crippen LogP contribution in [0.2, 0.25) is 0 Å². The predicted molar refractivity (Wildman–Crippen MR) is 21.5 cm³/mol. The predicted octanol–water partition coefficient (Wildman–Crippen LogP) is -0.329. The van der Waals surface area contributed by atoms with E-state index in [0.29, 0.717) is 0 Å². The molecular formula is CBaF3O3S+. The second-order valence-electron chi connectivity index (χ2n) is 0.900. The van der Waals surface area contributed by atoms with Crippen molar-refractivity contribution in [2.45, 2.75) is 5.51 Å². The van der Waals surface area contributed by atoms with Gasteiger partial charge in [0.15, 0.2) is 10.1 Å². The fraction of sp³-hybridized carbons (Fsp3) is 1.00. The van der Waals surface area contributed by atoms with Crippen LogP contribution in [0.15, 0.2) is 0 Å². The first kappa shape index (κ1) is 12.9. The third kappa shape index (κ3) is 4.65. The average molecular weight is 286 g/mol. The summed E-state index contributed by atoms with van der Waals surface area (Å²) in [7, 11) is -6.09. The molecule has 0 bridgehead atoms. The van der Waals surface area contributed by atoms with Crippen LogP contribution < -0.4 is 0 Å². The molecule has 0 aromatic carbocycles. The van der Waals surface area contributed by atoms with E-state index in [4.69, 9.17) is 13.0 Å². The molecule has 0 rings (SSSR count). The van der Waals surface area contributed by atoms with Gasteiger partial charge in [-0.3, -0.25) is 0 Å². The van der Waals surface area contributed by atoms with E-state index in [-0.39, 0.29) is 48.9 Å². The van der Waals surface area contributed by atoms with Crippen LogP contribution in [0.4, 0.5) is 13.2 Å². The molecule has 0 aromatic heterocycles. The fourth-order valence-electron chi connectivity index (χ4n) is 0. The second-order valence-corrected chi connectivity index (χ2v) is 2.27. The Hall–Kier alpha value is 1.27. The van der Waals surface area contributed by atoms with Crippen LogP contribution in [0.25, 0.3) is 0 Å². The summed E-state index contributed by atoms with van der Waals surface area (Å²) >= 11 is 0. The third-order valence-electron chi connectivity index (χ3n) is 0.283. The summed E-state index contributed by atoms with van der Waals surface area (Å²) in [5.74, 6) is 0. The van der Waals surface area contributed by atoms with Gasteiger partial charge in [0.05, 0.1) is 0 Å².